The van der Waals surface area contributed by atoms with Gasteiger partial charge in [-0.15, -0.1) is 0 Å². The molecule has 1 heterocycles. The first-order valence-electron chi connectivity index (χ1n) is 14.6. The maximum absolute atomic E-state index is 9.23. The Hall–Kier alpha value is -4.24. The average molecular weight is 603 g/mol. The molecule has 12 nitrogen and oxygen atoms in total. The first kappa shape index (κ1) is 34.3. The Morgan fingerprint density at radius 1 is 0.500 bits per heavy atom. The lowest BCUT2D eigenvalue weighted by Crippen LogP contribution is -2.36. The van der Waals surface area contributed by atoms with E-state index in [1.165, 1.54) is 0 Å². The van der Waals surface area contributed by atoms with Crippen molar-refractivity contribution in [2.75, 3.05) is 105 Å². The molecule has 1 saturated heterocycles. The number of nitriles is 4. The highest BCUT2D eigenvalue weighted by Crippen LogP contribution is 2.18. The van der Waals surface area contributed by atoms with Gasteiger partial charge in [0.1, 0.15) is 49.0 Å². The van der Waals surface area contributed by atoms with E-state index in [-0.39, 0.29) is 0 Å². The first-order valence-corrected chi connectivity index (χ1v) is 14.6. The van der Waals surface area contributed by atoms with Gasteiger partial charge >= 0.3 is 0 Å². The SMILES string of the molecule is N#Cc1ccc(OCCN2CCOCCOCCN(CCOc3ccc(C#N)c(C#N)c3)CCOCCOCC2)cc1C#N. The molecule has 1 aliphatic rings. The van der Waals surface area contributed by atoms with Gasteiger partial charge in [-0.05, 0) is 36.4 Å². The molecule has 2 aromatic rings. The van der Waals surface area contributed by atoms with Crippen LogP contribution in [0.25, 0.3) is 0 Å². The third-order valence-electron chi connectivity index (χ3n) is 6.77. The van der Waals surface area contributed by atoms with Crippen LogP contribution in [0.5, 0.6) is 11.5 Å². The van der Waals surface area contributed by atoms with Gasteiger partial charge in [-0.1, -0.05) is 0 Å². The van der Waals surface area contributed by atoms with E-state index in [2.05, 4.69) is 9.80 Å². The van der Waals surface area contributed by atoms with Gasteiger partial charge in [0.2, 0.25) is 0 Å². The summed E-state index contributed by atoms with van der Waals surface area (Å²) in [6, 6.07) is 17.8. The van der Waals surface area contributed by atoms with Crippen molar-refractivity contribution in [1.29, 1.82) is 21.0 Å². The Labute approximate surface area is 259 Å². The van der Waals surface area contributed by atoms with E-state index in [0.717, 1.165) is 0 Å². The van der Waals surface area contributed by atoms with Crippen molar-refractivity contribution in [1.82, 2.24) is 9.80 Å². The Morgan fingerprint density at radius 3 is 1.16 bits per heavy atom. The average Bonchev–Trinajstić information content (AvgIpc) is 3.05. The highest BCUT2D eigenvalue weighted by atomic mass is 16.5. The van der Waals surface area contributed by atoms with Crippen LogP contribution in [0.4, 0.5) is 0 Å². The van der Waals surface area contributed by atoms with Crippen molar-refractivity contribution >= 4 is 0 Å². The van der Waals surface area contributed by atoms with Crippen LogP contribution in [-0.2, 0) is 18.9 Å². The molecule has 0 radical (unpaired) electrons. The van der Waals surface area contributed by atoms with Crippen LogP contribution in [0.3, 0.4) is 0 Å². The van der Waals surface area contributed by atoms with E-state index in [9.17, 15) is 10.5 Å². The van der Waals surface area contributed by atoms with Gasteiger partial charge in [-0.2, -0.15) is 21.0 Å². The van der Waals surface area contributed by atoms with Crippen molar-refractivity contribution in [3.63, 3.8) is 0 Å². The molecule has 12 heteroatoms. The Kier molecular flexibility index (Phi) is 16.1. The maximum atomic E-state index is 9.23. The number of hydrogen-bond donors (Lipinski definition) is 0. The number of benzene rings is 2. The van der Waals surface area contributed by atoms with Crippen LogP contribution in [0.2, 0.25) is 0 Å². The minimum Gasteiger partial charge on any atom is -0.492 e. The summed E-state index contributed by atoms with van der Waals surface area (Å²) in [5.74, 6) is 1.10. The van der Waals surface area contributed by atoms with E-state index in [1.807, 2.05) is 24.3 Å². The van der Waals surface area contributed by atoms with Gasteiger partial charge in [0.05, 0.1) is 75.1 Å². The molecule has 0 unspecified atom stereocenters. The third kappa shape index (κ3) is 12.6. The molecule has 1 fully saturated rings. The van der Waals surface area contributed by atoms with Gasteiger partial charge in [0.15, 0.2) is 0 Å². The van der Waals surface area contributed by atoms with Crippen LogP contribution in [-0.4, -0.2) is 115 Å². The van der Waals surface area contributed by atoms with Gasteiger partial charge in [-0.25, -0.2) is 0 Å². The third-order valence-corrected chi connectivity index (χ3v) is 6.77. The van der Waals surface area contributed by atoms with Crippen LogP contribution in [0, 0.1) is 45.3 Å². The molecule has 0 spiro atoms. The molecule has 3 rings (SSSR count). The molecule has 44 heavy (non-hydrogen) atoms. The highest BCUT2D eigenvalue weighted by Gasteiger charge is 2.10. The second kappa shape index (κ2) is 20.6. The lowest BCUT2D eigenvalue weighted by Gasteiger charge is -2.23. The fourth-order valence-electron chi connectivity index (χ4n) is 4.28. The van der Waals surface area contributed by atoms with E-state index in [4.69, 9.17) is 38.9 Å². The fourth-order valence-corrected chi connectivity index (χ4v) is 4.28. The molecule has 0 aliphatic carbocycles. The lowest BCUT2D eigenvalue weighted by atomic mass is 10.1. The molecule has 0 bridgehead atoms. The maximum Gasteiger partial charge on any atom is 0.120 e. The van der Waals surface area contributed by atoms with Crippen LogP contribution < -0.4 is 9.47 Å². The van der Waals surface area contributed by atoms with Crippen molar-refractivity contribution in [3.8, 4) is 35.8 Å². The Bertz CT molecular complexity index is 1210. The lowest BCUT2D eigenvalue weighted by molar-refractivity contribution is 0.00572. The van der Waals surface area contributed by atoms with Gasteiger partial charge < -0.3 is 28.4 Å². The van der Waals surface area contributed by atoms with E-state index in [1.54, 1.807) is 36.4 Å². The molecule has 232 valence electrons. The molecular weight excluding hydrogens is 564 g/mol. The molecular formula is C32H38N6O6. The minimum atomic E-state index is 0.296. The summed E-state index contributed by atoms with van der Waals surface area (Å²) in [6.07, 6.45) is 0. The number of hydrogen-bond acceptors (Lipinski definition) is 12. The molecule has 0 aromatic heterocycles. The number of ether oxygens (including phenoxy) is 6. The zero-order chi connectivity index (χ0) is 31.2. The summed E-state index contributed by atoms with van der Waals surface area (Å²) < 4.78 is 34.8. The molecule has 0 saturated carbocycles. The molecule has 0 amide bonds. The summed E-state index contributed by atoms with van der Waals surface area (Å²) in [6.45, 7) is 8.98. The number of nitrogens with zero attached hydrogens (tertiary/aromatic N) is 6. The minimum absolute atomic E-state index is 0.296. The van der Waals surface area contributed by atoms with Crippen molar-refractivity contribution in [3.05, 3.63) is 58.7 Å². The van der Waals surface area contributed by atoms with Crippen LogP contribution >= 0.6 is 0 Å². The molecule has 2 aromatic carbocycles. The number of rotatable bonds is 8. The predicted octanol–water partition coefficient (Wildman–Crippen LogP) is 2.32. The second-order valence-electron chi connectivity index (χ2n) is 9.69. The highest BCUT2D eigenvalue weighted by molar-refractivity contribution is 5.50. The topological polar surface area (TPSA) is 157 Å². The van der Waals surface area contributed by atoms with E-state index in [0.29, 0.717) is 139 Å². The smallest absolute Gasteiger partial charge is 0.120 e. The summed E-state index contributed by atoms with van der Waals surface area (Å²) in [4.78, 5) is 4.39. The monoisotopic (exact) mass is 602 g/mol. The van der Waals surface area contributed by atoms with Crippen molar-refractivity contribution in [2.24, 2.45) is 0 Å². The van der Waals surface area contributed by atoms with Crippen LogP contribution in [0.15, 0.2) is 36.4 Å². The van der Waals surface area contributed by atoms with Crippen molar-refractivity contribution < 1.29 is 28.4 Å². The van der Waals surface area contributed by atoms with Crippen molar-refractivity contribution in [2.45, 2.75) is 0 Å². The summed E-state index contributed by atoms with van der Waals surface area (Å²) in [7, 11) is 0. The predicted molar refractivity (Wildman–Crippen MR) is 159 cm³/mol. The molecule has 0 atom stereocenters. The van der Waals surface area contributed by atoms with Gasteiger partial charge in [0, 0.05) is 39.3 Å². The zero-order valence-corrected chi connectivity index (χ0v) is 24.9. The second-order valence-corrected chi connectivity index (χ2v) is 9.69. The summed E-state index contributed by atoms with van der Waals surface area (Å²) in [5.41, 5.74) is 1.25. The van der Waals surface area contributed by atoms with Crippen LogP contribution in [0.1, 0.15) is 22.3 Å². The molecule has 0 N–H and O–H groups in total. The normalized spacial score (nSPS) is 16.6. The largest absolute Gasteiger partial charge is 0.492 e. The zero-order valence-electron chi connectivity index (χ0n) is 24.9. The fraction of sp³-hybridized carbons (Fsp3) is 0.500. The quantitative estimate of drug-likeness (QED) is 0.435. The first-order chi connectivity index (χ1) is 21.7. The standard InChI is InChI=1S/C32H38N6O6/c33-23-27-1-3-31(21-29(27)25-35)43-15-9-37-5-11-39-17-19-41-13-7-38(8-14-42-20-18-40-12-6-37)10-16-44-32-4-2-28(24-34)30(22-32)26-36/h1-4,21-22H,5-20H2. The van der Waals surface area contributed by atoms with Gasteiger partial charge in [0.25, 0.3) is 0 Å². The summed E-state index contributed by atoms with van der Waals surface area (Å²) in [5, 5.41) is 36.6. The van der Waals surface area contributed by atoms with E-state index < -0.39 is 0 Å². The van der Waals surface area contributed by atoms with E-state index >= 15 is 0 Å². The summed E-state index contributed by atoms with van der Waals surface area (Å²) >= 11 is 0. The Morgan fingerprint density at radius 2 is 0.841 bits per heavy atom. The van der Waals surface area contributed by atoms with Gasteiger partial charge in [-0.3, -0.25) is 9.80 Å². The molecule has 1 aliphatic heterocycles. The Balaban J connectivity index is 1.39.